The fourth-order valence-corrected chi connectivity index (χ4v) is 4.17. The maximum absolute atomic E-state index is 12.6. The molecule has 1 aliphatic rings. The number of aryl methyl sites for hydroxylation is 1. The fourth-order valence-electron chi connectivity index (χ4n) is 4.17. The van der Waals surface area contributed by atoms with Gasteiger partial charge in [0.1, 0.15) is 5.52 Å². The van der Waals surface area contributed by atoms with E-state index in [-0.39, 0.29) is 12.6 Å². The second kappa shape index (κ2) is 12.9. The van der Waals surface area contributed by atoms with Crippen molar-refractivity contribution in [1.29, 1.82) is 0 Å². The lowest BCUT2D eigenvalue weighted by molar-refractivity contribution is 0.0769. The minimum atomic E-state index is -2.29. The Balaban J connectivity index is 0.000000886. The molecule has 0 aromatic carbocycles. The third-order valence-electron chi connectivity index (χ3n) is 5.74. The number of alkyl halides is 2. The first-order valence-electron chi connectivity index (χ1n) is 12.9. The molecule has 3 aromatic heterocycles. The molecule has 10 heteroatoms. The number of nitrogens with one attached hydrogen (secondary N) is 2. The zero-order valence-corrected chi connectivity index (χ0v) is 23.0. The Bertz CT molecular complexity index is 1190. The van der Waals surface area contributed by atoms with Gasteiger partial charge in [-0.25, -0.2) is 13.3 Å². The summed E-state index contributed by atoms with van der Waals surface area (Å²) in [5.74, 6) is 2.03. The predicted octanol–water partition coefficient (Wildman–Crippen LogP) is 6.06. The van der Waals surface area contributed by atoms with Crippen molar-refractivity contribution in [2.24, 2.45) is 10.9 Å². The summed E-state index contributed by atoms with van der Waals surface area (Å²) in [7, 11) is 1.83. The van der Waals surface area contributed by atoms with Crippen molar-refractivity contribution in [3.63, 3.8) is 0 Å². The lowest BCUT2D eigenvalue weighted by Crippen LogP contribution is -2.41. The van der Waals surface area contributed by atoms with Gasteiger partial charge in [-0.15, -0.1) is 5.10 Å². The van der Waals surface area contributed by atoms with Gasteiger partial charge in [0.15, 0.2) is 5.82 Å². The Labute approximate surface area is 218 Å². The highest BCUT2D eigenvalue weighted by Crippen LogP contribution is 2.31. The van der Waals surface area contributed by atoms with Crippen LogP contribution >= 0.6 is 0 Å². The second-order valence-corrected chi connectivity index (χ2v) is 10.3. The molecule has 1 saturated heterocycles. The van der Waals surface area contributed by atoms with Gasteiger partial charge in [0.05, 0.1) is 23.6 Å². The number of pyridine rings is 1. The van der Waals surface area contributed by atoms with Gasteiger partial charge >= 0.3 is 0 Å². The molecule has 1 fully saturated rings. The molecule has 0 atom stereocenters. The van der Waals surface area contributed by atoms with Gasteiger partial charge in [-0.1, -0.05) is 20.8 Å². The van der Waals surface area contributed by atoms with E-state index >= 15 is 0 Å². The fraction of sp³-hybridized carbons (Fsp3) is 0.556. The Morgan fingerprint density at radius 1 is 1.11 bits per heavy atom. The van der Waals surface area contributed by atoms with E-state index in [0.717, 1.165) is 52.6 Å². The molecule has 2 N–H and O–H groups in total. The van der Waals surface area contributed by atoms with E-state index in [0.29, 0.717) is 24.9 Å². The van der Waals surface area contributed by atoms with Crippen LogP contribution in [0.25, 0.3) is 16.8 Å². The average Bonchev–Trinajstić information content (AvgIpc) is 3.24. The number of aromatic nitrogens is 4. The number of anilines is 2. The van der Waals surface area contributed by atoms with Crippen molar-refractivity contribution >= 4 is 28.7 Å². The highest BCUT2D eigenvalue weighted by Gasteiger charge is 2.23. The van der Waals surface area contributed by atoms with Crippen molar-refractivity contribution in [3.05, 3.63) is 30.1 Å². The maximum atomic E-state index is 12.6. The first kappa shape index (κ1) is 28.4. The van der Waals surface area contributed by atoms with E-state index in [1.165, 1.54) is 0 Å². The van der Waals surface area contributed by atoms with Crippen molar-refractivity contribution < 1.29 is 8.78 Å². The van der Waals surface area contributed by atoms with Crippen molar-refractivity contribution in [2.75, 3.05) is 37.3 Å². The Hall–Kier alpha value is -3.14. The van der Waals surface area contributed by atoms with E-state index in [4.69, 9.17) is 4.98 Å². The summed E-state index contributed by atoms with van der Waals surface area (Å²) < 4.78 is 27.0. The molecule has 3 aromatic rings. The lowest BCUT2D eigenvalue weighted by Gasteiger charge is -2.32. The summed E-state index contributed by atoms with van der Waals surface area (Å²) in [6, 6.07) is 6.07. The molecule has 0 saturated carbocycles. The molecular formula is C27H40F2N8. The number of halogens is 2. The number of rotatable bonds is 7. The van der Waals surface area contributed by atoms with Gasteiger partial charge in [0, 0.05) is 43.7 Å². The van der Waals surface area contributed by atoms with Crippen molar-refractivity contribution in [1.82, 2.24) is 24.5 Å². The number of hydrogen-bond donors (Lipinski definition) is 2. The molecule has 1 aliphatic heterocycles. The van der Waals surface area contributed by atoms with Crippen LogP contribution in [-0.2, 0) is 0 Å². The number of aliphatic imine (C=N–C) groups is 1. The van der Waals surface area contributed by atoms with Crippen LogP contribution in [-0.4, -0.2) is 69.3 Å². The van der Waals surface area contributed by atoms with E-state index < -0.39 is 6.43 Å². The minimum absolute atomic E-state index is 0.149. The smallest absolute Gasteiger partial charge is 0.251 e. The third kappa shape index (κ3) is 7.92. The van der Waals surface area contributed by atoms with Gasteiger partial charge < -0.3 is 10.6 Å². The Kier molecular flexibility index (Phi) is 9.91. The van der Waals surface area contributed by atoms with Crippen LogP contribution in [0.15, 0.2) is 29.4 Å². The SMILES string of the molecule is CC(C)C.CNc1nc(NC2CCN(CC(F)F)CC2)nn2ccc(-c3ccc(N=C(C)C)c(C)n3)c12. The summed E-state index contributed by atoms with van der Waals surface area (Å²) in [5, 5.41) is 11.2. The standard InChI is InChI=1S/C23H30F2N8.C4H10/c1-14(2)27-18-5-6-19(28-15(18)3)17-9-12-33-21(17)22(26-4)30-23(31-33)29-16-7-10-32(11-8-16)13-20(24)25;1-4(2)3/h5-6,9,12,16,20H,7-8,10-11,13H2,1-4H3,(H2,26,29,30,31);4H,1-3H3. The lowest BCUT2D eigenvalue weighted by atomic mass is 10.1. The Morgan fingerprint density at radius 3 is 2.35 bits per heavy atom. The minimum Gasteiger partial charge on any atom is -0.371 e. The molecule has 0 spiro atoms. The quantitative estimate of drug-likeness (QED) is 0.373. The summed E-state index contributed by atoms with van der Waals surface area (Å²) in [5.41, 5.74) is 5.29. The van der Waals surface area contributed by atoms with Crippen LogP contribution < -0.4 is 10.6 Å². The Morgan fingerprint density at radius 2 is 1.78 bits per heavy atom. The molecule has 0 bridgehead atoms. The average molecular weight is 515 g/mol. The van der Waals surface area contributed by atoms with Gasteiger partial charge in [0.2, 0.25) is 5.95 Å². The van der Waals surface area contributed by atoms with Crippen LogP contribution in [0.3, 0.4) is 0 Å². The summed E-state index contributed by atoms with van der Waals surface area (Å²) in [6.45, 7) is 13.5. The first-order chi connectivity index (χ1) is 17.6. The van der Waals surface area contributed by atoms with Gasteiger partial charge in [-0.3, -0.25) is 14.9 Å². The van der Waals surface area contributed by atoms with Crippen LogP contribution in [0.2, 0.25) is 0 Å². The van der Waals surface area contributed by atoms with E-state index in [1.807, 2.05) is 52.2 Å². The molecular weight excluding hydrogens is 474 g/mol. The number of fused-ring (bicyclic) bond motifs is 1. The van der Waals surface area contributed by atoms with E-state index in [2.05, 4.69) is 46.5 Å². The molecule has 37 heavy (non-hydrogen) atoms. The first-order valence-corrected chi connectivity index (χ1v) is 12.9. The highest BCUT2D eigenvalue weighted by atomic mass is 19.3. The molecule has 4 rings (SSSR count). The van der Waals surface area contributed by atoms with Crippen molar-refractivity contribution in [2.45, 2.75) is 66.9 Å². The maximum Gasteiger partial charge on any atom is 0.251 e. The van der Waals surface area contributed by atoms with Gasteiger partial charge in [-0.05, 0) is 57.7 Å². The highest BCUT2D eigenvalue weighted by molar-refractivity contribution is 5.88. The zero-order valence-electron chi connectivity index (χ0n) is 23.0. The molecule has 0 unspecified atom stereocenters. The number of likely N-dealkylation sites (tertiary alicyclic amines) is 1. The molecule has 4 heterocycles. The largest absolute Gasteiger partial charge is 0.371 e. The van der Waals surface area contributed by atoms with Crippen LogP contribution in [0, 0.1) is 12.8 Å². The van der Waals surface area contributed by atoms with Crippen LogP contribution in [0.5, 0.6) is 0 Å². The molecule has 8 nitrogen and oxygen atoms in total. The number of piperidine rings is 1. The van der Waals surface area contributed by atoms with E-state index in [1.54, 1.807) is 9.42 Å². The summed E-state index contributed by atoms with van der Waals surface area (Å²) in [4.78, 5) is 15.8. The number of hydrogen-bond acceptors (Lipinski definition) is 7. The third-order valence-corrected chi connectivity index (χ3v) is 5.74. The number of nitrogens with zero attached hydrogens (tertiary/aromatic N) is 6. The summed E-state index contributed by atoms with van der Waals surface area (Å²) in [6.07, 6.45) is 1.15. The molecule has 0 radical (unpaired) electrons. The second-order valence-electron chi connectivity index (χ2n) is 10.3. The predicted molar refractivity (Wildman–Crippen MR) is 149 cm³/mol. The van der Waals surface area contributed by atoms with Crippen LogP contribution in [0.1, 0.15) is 53.2 Å². The van der Waals surface area contributed by atoms with Gasteiger partial charge in [0.25, 0.3) is 6.43 Å². The zero-order chi connectivity index (χ0) is 27.1. The monoisotopic (exact) mass is 514 g/mol. The van der Waals surface area contributed by atoms with Crippen molar-refractivity contribution in [3.8, 4) is 11.3 Å². The van der Waals surface area contributed by atoms with E-state index in [9.17, 15) is 8.78 Å². The van der Waals surface area contributed by atoms with Crippen LogP contribution in [0.4, 0.5) is 26.2 Å². The van der Waals surface area contributed by atoms with Gasteiger partial charge in [-0.2, -0.15) is 4.98 Å². The topological polar surface area (TPSA) is 82.7 Å². The summed E-state index contributed by atoms with van der Waals surface area (Å²) >= 11 is 0. The molecule has 0 amide bonds. The molecule has 0 aliphatic carbocycles. The molecule has 202 valence electrons. The normalized spacial score (nSPS) is 14.6.